The normalized spacial score (nSPS) is 12.0. The number of pyridine rings is 2. The molecule has 0 aliphatic heterocycles. The van der Waals surface area contributed by atoms with Crippen molar-refractivity contribution in [1.82, 2.24) is 14.5 Å². The number of hydrogen-bond acceptors (Lipinski definition) is 6. The molecular formula is C33H32N4O5. The van der Waals surface area contributed by atoms with Crippen molar-refractivity contribution in [1.29, 1.82) is 0 Å². The maximum Gasteiger partial charge on any atom is 0.415 e. The molecule has 9 heteroatoms. The number of hydrogen-bond donors (Lipinski definition) is 1. The molecule has 0 spiro atoms. The molecule has 0 atom stereocenters. The Hall–Kier alpha value is -5.18. The minimum atomic E-state index is -1.05. The number of benzene rings is 2. The number of ether oxygens (including phenoxy) is 2. The second kappa shape index (κ2) is 11.7. The molecule has 5 aromatic rings. The van der Waals surface area contributed by atoms with Gasteiger partial charge in [-0.25, -0.2) is 14.6 Å². The number of fused-ring (bicyclic) bond motifs is 2. The zero-order valence-electron chi connectivity index (χ0n) is 23.9. The number of carboxylic acid groups (broad SMARTS) is 1. The Bertz CT molecular complexity index is 1800. The minimum absolute atomic E-state index is 0.381. The van der Waals surface area contributed by atoms with Crippen LogP contribution in [0.25, 0.3) is 27.5 Å². The number of aliphatic carboxylic acids is 1. The summed E-state index contributed by atoms with van der Waals surface area (Å²) in [4.78, 5) is 34.6. The number of carboxylic acids is 1. The monoisotopic (exact) mass is 564 g/mol. The molecule has 214 valence electrons. The highest BCUT2D eigenvalue weighted by molar-refractivity contribution is 5.95. The van der Waals surface area contributed by atoms with Crippen LogP contribution >= 0.6 is 0 Å². The summed E-state index contributed by atoms with van der Waals surface area (Å²) in [7, 11) is 1.63. The van der Waals surface area contributed by atoms with Gasteiger partial charge in [0.25, 0.3) is 0 Å². The van der Waals surface area contributed by atoms with Gasteiger partial charge in [-0.05, 0) is 69.3 Å². The van der Waals surface area contributed by atoms with Crippen LogP contribution in [0.3, 0.4) is 0 Å². The van der Waals surface area contributed by atoms with Crippen LogP contribution in [0, 0.1) is 0 Å². The second-order valence-electron chi connectivity index (χ2n) is 10.8. The smallest absolute Gasteiger partial charge is 0.415 e. The first-order chi connectivity index (χ1) is 20.1. The summed E-state index contributed by atoms with van der Waals surface area (Å²) >= 11 is 0. The maximum absolute atomic E-state index is 12.4. The van der Waals surface area contributed by atoms with Gasteiger partial charge in [0.2, 0.25) is 0 Å². The highest BCUT2D eigenvalue weighted by Gasteiger charge is 2.21. The van der Waals surface area contributed by atoms with Gasteiger partial charge in [-0.2, -0.15) is 0 Å². The average molecular weight is 565 g/mol. The first-order valence-corrected chi connectivity index (χ1v) is 13.5. The summed E-state index contributed by atoms with van der Waals surface area (Å²) in [6.07, 6.45) is 4.79. The fourth-order valence-corrected chi connectivity index (χ4v) is 4.53. The Kier molecular flexibility index (Phi) is 7.93. The number of rotatable bonds is 8. The van der Waals surface area contributed by atoms with Crippen molar-refractivity contribution in [3.63, 3.8) is 0 Å². The molecule has 0 aliphatic carbocycles. The molecule has 0 radical (unpaired) electrons. The summed E-state index contributed by atoms with van der Waals surface area (Å²) in [5.74, 6) is 0.129. The Morgan fingerprint density at radius 3 is 2.60 bits per heavy atom. The van der Waals surface area contributed by atoms with Crippen LogP contribution < -0.4 is 9.64 Å². The van der Waals surface area contributed by atoms with Crippen molar-refractivity contribution in [2.24, 2.45) is 0 Å². The summed E-state index contributed by atoms with van der Waals surface area (Å²) in [5, 5.41) is 11.4. The summed E-state index contributed by atoms with van der Waals surface area (Å²) in [6.45, 7) is 5.84. The van der Waals surface area contributed by atoms with Crippen LogP contribution in [-0.2, 0) is 16.0 Å². The zero-order chi connectivity index (χ0) is 29.9. The van der Waals surface area contributed by atoms with Crippen LogP contribution in [0.1, 0.15) is 32.0 Å². The fraction of sp³-hybridized carbons (Fsp3) is 0.212. The predicted octanol–water partition coefficient (Wildman–Crippen LogP) is 6.55. The third-order valence-corrected chi connectivity index (χ3v) is 6.50. The van der Waals surface area contributed by atoms with Crippen molar-refractivity contribution in [3.8, 4) is 5.75 Å². The molecule has 0 fully saturated rings. The molecular weight excluding hydrogens is 532 g/mol. The van der Waals surface area contributed by atoms with E-state index in [1.807, 2.05) is 98.3 Å². The van der Waals surface area contributed by atoms with Gasteiger partial charge in [0.05, 0.1) is 23.3 Å². The Labute approximate surface area is 243 Å². The second-order valence-corrected chi connectivity index (χ2v) is 10.8. The molecule has 0 saturated heterocycles. The number of anilines is 1. The van der Waals surface area contributed by atoms with E-state index in [4.69, 9.17) is 9.47 Å². The largest absolute Gasteiger partial charge is 0.493 e. The number of para-hydroxylation sites is 1. The van der Waals surface area contributed by atoms with Gasteiger partial charge in [0, 0.05) is 54.0 Å². The van der Waals surface area contributed by atoms with Crippen molar-refractivity contribution in [3.05, 3.63) is 103 Å². The van der Waals surface area contributed by atoms with E-state index in [1.54, 1.807) is 19.3 Å². The third-order valence-electron chi connectivity index (χ3n) is 6.50. The van der Waals surface area contributed by atoms with Crippen molar-refractivity contribution in [2.45, 2.75) is 32.8 Å². The molecule has 2 aromatic carbocycles. The van der Waals surface area contributed by atoms with Crippen LogP contribution in [0.15, 0.2) is 91.3 Å². The first-order valence-electron chi connectivity index (χ1n) is 13.5. The Morgan fingerprint density at radius 2 is 1.81 bits per heavy atom. The quantitative estimate of drug-likeness (QED) is 0.213. The lowest BCUT2D eigenvalue weighted by atomic mass is 10.1. The number of carbonyl (C=O) groups excluding carboxylic acids is 1. The molecule has 0 unspecified atom stereocenters. The zero-order valence-corrected chi connectivity index (χ0v) is 23.9. The molecule has 1 N–H and O–H groups in total. The molecule has 3 heterocycles. The van der Waals surface area contributed by atoms with Crippen LogP contribution in [-0.4, -0.2) is 51.0 Å². The fourth-order valence-electron chi connectivity index (χ4n) is 4.53. The molecule has 9 nitrogen and oxygen atoms in total. The molecule has 5 rings (SSSR count). The Morgan fingerprint density at radius 1 is 1.00 bits per heavy atom. The van der Waals surface area contributed by atoms with Crippen molar-refractivity contribution >= 4 is 45.4 Å². The van der Waals surface area contributed by atoms with Crippen LogP contribution in [0.5, 0.6) is 5.75 Å². The molecule has 1 amide bonds. The van der Waals surface area contributed by atoms with E-state index in [9.17, 15) is 14.7 Å². The van der Waals surface area contributed by atoms with Crippen LogP contribution in [0.4, 0.5) is 10.6 Å². The van der Waals surface area contributed by atoms with Gasteiger partial charge in [0.1, 0.15) is 17.2 Å². The van der Waals surface area contributed by atoms with Gasteiger partial charge in [-0.3, -0.25) is 9.88 Å². The molecule has 42 heavy (non-hydrogen) atoms. The Balaban J connectivity index is 1.30. The van der Waals surface area contributed by atoms with Crippen molar-refractivity contribution in [2.75, 3.05) is 18.6 Å². The van der Waals surface area contributed by atoms with Gasteiger partial charge in [0.15, 0.2) is 0 Å². The lowest BCUT2D eigenvalue weighted by Gasteiger charge is -2.24. The van der Waals surface area contributed by atoms with E-state index in [0.29, 0.717) is 35.9 Å². The summed E-state index contributed by atoms with van der Waals surface area (Å²) < 4.78 is 13.3. The molecule has 0 saturated carbocycles. The van der Waals surface area contributed by atoms with Gasteiger partial charge < -0.3 is 19.1 Å². The van der Waals surface area contributed by atoms with E-state index in [0.717, 1.165) is 27.5 Å². The molecule has 0 bridgehead atoms. The highest BCUT2D eigenvalue weighted by Crippen LogP contribution is 2.28. The minimum Gasteiger partial charge on any atom is -0.493 e. The third kappa shape index (κ3) is 6.58. The molecule has 3 aromatic heterocycles. The average Bonchev–Trinajstić information content (AvgIpc) is 3.37. The molecule has 0 aliphatic rings. The van der Waals surface area contributed by atoms with E-state index in [2.05, 4.69) is 9.97 Å². The highest BCUT2D eigenvalue weighted by atomic mass is 16.6. The lowest BCUT2D eigenvalue weighted by molar-refractivity contribution is -0.131. The lowest BCUT2D eigenvalue weighted by Crippen LogP contribution is -2.34. The number of nitrogens with zero attached hydrogens (tertiary/aromatic N) is 4. The maximum atomic E-state index is 12.4. The number of amides is 1. The number of aromatic nitrogens is 3. The summed E-state index contributed by atoms with van der Waals surface area (Å²) in [5.41, 5.74) is 3.06. The van der Waals surface area contributed by atoms with E-state index in [1.165, 1.54) is 11.0 Å². The van der Waals surface area contributed by atoms with Gasteiger partial charge >= 0.3 is 12.1 Å². The van der Waals surface area contributed by atoms with Gasteiger partial charge in [-0.1, -0.05) is 24.3 Å². The van der Waals surface area contributed by atoms with Gasteiger partial charge in [-0.15, -0.1) is 0 Å². The van der Waals surface area contributed by atoms with E-state index >= 15 is 0 Å². The standard InChI is InChI=1S/C33H32N4O5/c1-33(2,3)42-32(40)36(4)30-11-7-9-25(35-30)15-17-41-26-12-13-28-23(19-26)14-16-37(28)29(20-31(38)39)24-18-22-8-5-6-10-27(22)34-21-24/h5-14,16,18-21H,15,17H2,1-4H3,(H,38,39)/b29-20+. The first kappa shape index (κ1) is 28.4. The SMILES string of the molecule is CN(C(=O)OC(C)(C)C)c1cccc(CCOc2ccc3c(ccn3/C(=C/C(=O)O)c3cnc4ccccc4c3)c2)n1. The predicted molar refractivity (Wildman–Crippen MR) is 163 cm³/mol. The summed E-state index contributed by atoms with van der Waals surface area (Å²) in [6, 6.07) is 22.7. The van der Waals surface area contributed by atoms with Crippen molar-refractivity contribution < 1.29 is 24.2 Å². The van der Waals surface area contributed by atoms with Crippen LogP contribution in [0.2, 0.25) is 0 Å². The topological polar surface area (TPSA) is 107 Å². The van der Waals surface area contributed by atoms with E-state index < -0.39 is 17.7 Å². The van der Waals surface area contributed by atoms with E-state index in [-0.39, 0.29) is 0 Å². The number of carbonyl (C=O) groups is 2.